The van der Waals surface area contributed by atoms with E-state index in [2.05, 4.69) is 4.98 Å². The molecule has 0 fully saturated rings. The molecule has 18 heavy (non-hydrogen) atoms. The van der Waals surface area contributed by atoms with Gasteiger partial charge < -0.3 is 10.5 Å². The molecule has 1 heterocycles. The second kappa shape index (κ2) is 5.31. The topological polar surface area (TPSA) is 65.2 Å². The molecular formula is C14H14N2O2. The van der Waals surface area contributed by atoms with Crippen molar-refractivity contribution in [3.8, 4) is 0 Å². The number of rotatable bonds is 3. The van der Waals surface area contributed by atoms with Crippen LogP contribution < -0.4 is 5.73 Å². The number of carbonyl (C=O) groups is 1. The lowest BCUT2D eigenvalue weighted by Crippen LogP contribution is -2.10. The van der Waals surface area contributed by atoms with E-state index >= 15 is 0 Å². The normalized spacial score (nSPS) is 10.1. The third-order valence-corrected chi connectivity index (χ3v) is 2.59. The standard InChI is InChI=1S/C14H14N2O2/c1-10-5-4-7-12(15)13(10)14(17)18-9-11-6-2-3-8-16-11/h2-8H,9,15H2,1H3. The number of ether oxygens (including phenoxy) is 1. The van der Waals surface area contributed by atoms with Gasteiger partial charge in [-0.05, 0) is 30.7 Å². The van der Waals surface area contributed by atoms with Gasteiger partial charge in [0.1, 0.15) is 6.61 Å². The number of hydrogen-bond acceptors (Lipinski definition) is 4. The molecule has 92 valence electrons. The van der Waals surface area contributed by atoms with Gasteiger partial charge in [-0.25, -0.2) is 4.79 Å². The molecule has 2 aromatic rings. The summed E-state index contributed by atoms with van der Waals surface area (Å²) in [5.41, 5.74) is 8.14. The summed E-state index contributed by atoms with van der Waals surface area (Å²) in [4.78, 5) is 16.0. The van der Waals surface area contributed by atoms with Crippen molar-refractivity contribution in [2.45, 2.75) is 13.5 Å². The molecule has 0 amide bonds. The highest BCUT2D eigenvalue weighted by Crippen LogP contribution is 2.17. The van der Waals surface area contributed by atoms with Crippen LogP contribution in [-0.2, 0) is 11.3 Å². The summed E-state index contributed by atoms with van der Waals surface area (Å²) in [5.74, 6) is -0.420. The van der Waals surface area contributed by atoms with Gasteiger partial charge in [0.15, 0.2) is 0 Å². The smallest absolute Gasteiger partial charge is 0.340 e. The molecule has 0 aliphatic rings. The fraction of sp³-hybridized carbons (Fsp3) is 0.143. The summed E-state index contributed by atoms with van der Waals surface area (Å²) in [6.45, 7) is 1.97. The number of nitrogens with two attached hydrogens (primary N) is 1. The van der Waals surface area contributed by atoms with Crippen molar-refractivity contribution in [2.75, 3.05) is 5.73 Å². The highest BCUT2D eigenvalue weighted by atomic mass is 16.5. The Labute approximate surface area is 105 Å². The highest BCUT2D eigenvalue weighted by Gasteiger charge is 2.14. The maximum atomic E-state index is 11.9. The van der Waals surface area contributed by atoms with E-state index in [1.165, 1.54) is 0 Å². The Hall–Kier alpha value is -2.36. The van der Waals surface area contributed by atoms with Crippen LogP contribution in [-0.4, -0.2) is 11.0 Å². The van der Waals surface area contributed by atoms with Gasteiger partial charge in [0, 0.05) is 11.9 Å². The quantitative estimate of drug-likeness (QED) is 0.662. The van der Waals surface area contributed by atoms with Crippen LogP contribution in [0.4, 0.5) is 5.69 Å². The first kappa shape index (κ1) is 12.1. The lowest BCUT2D eigenvalue weighted by Gasteiger charge is -2.09. The number of benzene rings is 1. The third kappa shape index (κ3) is 2.66. The van der Waals surface area contributed by atoms with Crippen molar-refractivity contribution >= 4 is 11.7 Å². The minimum absolute atomic E-state index is 0.146. The van der Waals surface area contributed by atoms with E-state index in [1.807, 2.05) is 25.1 Å². The minimum Gasteiger partial charge on any atom is -0.456 e. The SMILES string of the molecule is Cc1cccc(N)c1C(=O)OCc1ccccn1. The van der Waals surface area contributed by atoms with E-state index < -0.39 is 5.97 Å². The van der Waals surface area contributed by atoms with Crippen molar-refractivity contribution in [3.63, 3.8) is 0 Å². The van der Waals surface area contributed by atoms with Gasteiger partial charge in [-0.3, -0.25) is 4.98 Å². The van der Waals surface area contributed by atoms with Gasteiger partial charge in [-0.2, -0.15) is 0 Å². The molecule has 0 spiro atoms. The average molecular weight is 242 g/mol. The van der Waals surface area contributed by atoms with Gasteiger partial charge in [-0.1, -0.05) is 18.2 Å². The zero-order valence-corrected chi connectivity index (χ0v) is 10.1. The van der Waals surface area contributed by atoms with Crippen LogP contribution in [0.5, 0.6) is 0 Å². The van der Waals surface area contributed by atoms with Crippen molar-refractivity contribution in [1.82, 2.24) is 4.98 Å². The fourth-order valence-electron chi connectivity index (χ4n) is 1.66. The number of pyridine rings is 1. The molecule has 0 atom stereocenters. The molecule has 0 unspecified atom stereocenters. The summed E-state index contributed by atoms with van der Waals surface area (Å²) in [5, 5.41) is 0. The number of anilines is 1. The Morgan fingerprint density at radius 3 is 2.78 bits per heavy atom. The van der Waals surface area contributed by atoms with Crippen LogP contribution in [0.1, 0.15) is 21.6 Å². The first-order chi connectivity index (χ1) is 8.68. The van der Waals surface area contributed by atoms with Gasteiger partial charge in [0.2, 0.25) is 0 Å². The zero-order valence-electron chi connectivity index (χ0n) is 10.1. The maximum absolute atomic E-state index is 11.9. The van der Waals surface area contributed by atoms with E-state index in [0.29, 0.717) is 16.9 Å². The minimum atomic E-state index is -0.420. The molecule has 1 aromatic heterocycles. The Balaban J connectivity index is 2.09. The number of esters is 1. The Morgan fingerprint density at radius 2 is 2.11 bits per heavy atom. The molecule has 0 saturated heterocycles. The highest BCUT2D eigenvalue weighted by molar-refractivity contribution is 5.96. The largest absolute Gasteiger partial charge is 0.456 e. The number of nitrogens with zero attached hydrogens (tertiary/aromatic N) is 1. The van der Waals surface area contributed by atoms with E-state index in [-0.39, 0.29) is 6.61 Å². The molecule has 4 nitrogen and oxygen atoms in total. The molecule has 2 rings (SSSR count). The first-order valence-electron chi connectivity index (χ1n) is 5.60. The molecule has 1 aromatic carbocycles. The van der Waals surface area contributed by atoms with Crippen molar-refractivity contribution in [1.29, 1.82) is 0 Å². The summed E-state index contributed by atoms with van der Waals surface area (Å²) < 4.78 is 5.19. The van der Waals surface area contributed by atoms with E-state index in [0.717, 1.165) is 5.56 Å². The van der Waals surface area contributed by atoms with Gasteiger partial charge in [0.05, 0.1) is 11.3 Å². The lowest BCUT2D eigenvalue weighted by molar-refractivity contribution is 0.0468. The predicted molar refractivity (Wildman–Crippen MR) is 68.9 cm³/mol. The fourth-order valence-corrected chi connectivity index (χ4v) is 1.66. The van der Waals surface area contributed by atoms with Crippen LogP contribution in [0, 0.1) is 6.92 Å². The van der Waals surface area contributed by atoms with Crippen molar-refractivity contribution in [3.05, 3.63) is 59.4 Å². The third-order valence-electron chi connectivity index (χ3n) is 2.59. The van der Waals surface area contributed by atoms with Crippen molar-refractivity contribution < 1.29 is 9.53 Å². The molecule has 0 saturated carbocycles. The van der Waals surface area contributed by atoms with Crippen LogP contribution in [0.3, 0.4) is 0 Å². The molecular weight excluding hydrogens is 228 g/mol. The number of nitrogen functional groups attached to an aromatic ring is 1. The van der Waals surface area contributed by atoms with Gasteiger partial charge in [-0.15, -0.1) is 0 Å². The molecule has 0 radical (unpaired) electrons. The monoisotopic (exact) mass is 242 g/mol. The Bertz CT molecular complexity index is 533. The Morgan fingerprint density at radius 1 is 1.28 bits per heavy atom. The second-order valence-electron chi connectivity index (χ2n) is 3.94. The van der Waals surface area contributed by atoms with Gasteiger partial charge >= 0.3 is 5.97 Å². The average Bonchev–Trinajstić information content (AvgIpc) is 2.37. The second-order valence-corrected chi connectivity index (χ2v) is 3.94. The molecule has 0 aliphatic heterocycles. The Kier molecular flexibility index (Phi) is 3.57. The predicted octanol–water partition coefficient (Wildman–Crippen LogP) is 2.33. The van der Waals surface area contributed by atoms with Crippen LogP contribution >= 0.6 is 0 Å². The van der Waals surface area contributed by atoms with E-state index in [1.54, 1.807) is 24.4 Å². The molecule has 0 aliphatic carbocycles. The summed E-state index contributed by atoms with van der Waals surface area (Å²) in [6.07, 6.45) is 1.66. The maximum Gasteiger partial charge on any atom is 0.340 e. The summed E-state index contributed by atoms with van der Waals surface area (Å²) in [6, 6.07) is 10.8. The first-order valence-corrected chi connectivity index (χ1v) is 5.60. The molecule has 4 heteroatoms. The molecule has 0 bridgehead atoms. The van der Waals surface area contributed by atoms with Crippen LogP contribution in [0.2, 0.25) is 0 Å². The van der Waals surface area contributed by atoms with E-state index in [4.69, 9.17) is 10.5 Å². The lowest BCUT2D eigenvalue weighted by atomic mass is 10.1. The number of carbonyl (C=O) groups excluding carboxylic acids is 1. The summed E-state index contributed by atoms with van der Waals surface area (Å²) >= 11 is 0. The van der Waals surface area contributed by atoms with E-state index in [9.17, 15) is 4.79 Å². The molecule has 2 N–H and O–H groups in total. The summed E-state index contributed by atoms with van der Waals surface area (Å²) in [7, 11) is 0. The van der Waals surface area contributed by atoms with Crippen molar-refractivity contribution in [2.24, 2.45) is 0 Å². The van der Waals surface area contributed by atoms with Crippen LogP contribution in [0.25, 0.3) is 0 Å². The zero-order chi connectivity index (χ0) is 13.0. The van der Waals surface area contributed by atoms with Crippen LogP contribution in [0.15, 0.2) is 42.6 Å². The number of aryl methyl sites for hydroxylation is 1. The van der Waals surface area contributed by atoms with Gasteiger partial charge in [0.25, 0.3) is 0 Å². The number of aromatic nitrogens is 1. The number of hydrogen-bond donors (Lipinski definition) is 1.